The van der Waals surface area contributed by atoms with E-state index in [1.807, 2.05) is 12.3 Å². The Bertz CT molecular complexity index is 582. The maximum atomic E-state index is 4.33. The highest BCUT2D eigenvalue weighted by Crippen LogP contribution is 2.38. The van der Waals surface area contributed by atoms with Crippen LogP contribution in [0, 0.1) is 5.92 Å². The molecule has 0 aromatic carbocycles. The van der Waals surface area contributed by atoms with E-state index in [9.17, 15) is 0 Å². The van der Waals surface area contributed by atoms with Crippen molar-refractivity contribution >= 4 is 16.6 Å². The van der Waals surface area contributed by atoms with E-state index >= 15 is 0 Å². The van der Waals surface area contributed by atoms with Gasteiger partial charge in [0, 0.05) is 35.9 Å². The molecule has 16 heavy (non-hydrogen) atoms. The first-order valence-corrected chi connectivity index (χ1v) is 5.79. The number of rotatable bonds is 1. The molecule has 3 nitrogen and oxygen atoms in total. The Labute approximate surface area is 93.6 Å². The van der Waals surface area contributed by atoms with E-state index in [-0.39, 0.29) is 0 Å². The molecule has 0 amide bonds. The van der Waals surface area contributed by atoms with Crippen molar-refractivity contribution in [3.05, 3.63) is 36.2 Å². The summed E-state index contributed by atoms with van der Waals surface area (Å²) in [6, 6.07) is 4.70. The highest BCUT2D eigenvalue weighted by atomic mass is 15.0. The third-order valence-corrected chi connectivity index (χ3v) is 3.72. The number of pyridine rings is 1. The predicted molar refractivity (Wildman–Crippen MR) is 64.0 cm³/mol. The molecule has 0 radical (unpaired) electrons. The highest BCUT2D eigenvalue weighted by Gasteiger charge is 2.33. The molecule has 1 aliphatic carbocycles. The number of aromatic amines is 1. The summed E-state index contributed by atoms with van der Waals surface area (Å²) in [7, 11) is 0. The lowest BCUT2D eigenvalue weighted by atomic mass is 10.0. The Morgan fingerprint density at radius 1 is 1.38 bits per heavy atom. The predicted octanol–water partition coefficient (Wildman–Crippen LogP) is 1.94. The van der Waals surface area contributed by atoms with E-state index in [0.717, 1.165) is 18.1 Å². The van der Waals surface area contributed by atoms with Gasteiger partial charge in [-0.25, -0.2) is 4.98 Å². The van der Waals surface area contributed by atoms with Gasteiger partial charge in [-0.15, -0.1) is 0 Å². The third kappa shape index (κ3) is 1.04. The minimum atomic E-state index is 0.559. The monoisotopic (exact) mass is 211 g/mol. The van der Waals surface area contributed by atoms with Gasteiger partial charge in [0.05, 0.1) is 0 Å². The van der Waals surface area contributed by atoms with Gasteiger partial charge in [0.1, 0.15) is 5.65 Å². The van der Waals surface area contributed by atoms with Crippen molar-refractivity contribution in [2.75, 3.05) is 6.54 Å². The fourth-order valence-corrected chi connectivity index (χ4v) is 2.97. The molecular weight excluding hydrogens is 198 g/mol. The Morgan fingerprint density at radius 3 is 3.19 bits per heavy atom. The number of H-pyrrole nitrogens is 1. The van der Waals surface area contributed by atoms with Crippen LogP contribution in [0.3, 0.4) is 0 Å². The molecule has 0 spiro atoms. The second-order valence-electron chi connectivity index (χ2n) is 4.68. The quantitative estimate of drug-likeness (QED) is 0.756. The number of hydrogen-bond acceptors (Lipinski definition) is 2. The average Bonchev–Trinajstić information content (AvgIpc) is 3.03. The molecule has 2 unspecified atom stereocenters. The fourth-order valence-electron chi connectivity index (χ4n) is 2.97. The summed E-state index contributed by atoms with van der Waals surface area (Å²) in [6.45, 7) is 1.15. The van der Waals surface area contributed by atoms with Gasteiger partial charge in [0.2, 0.25) is 0 Å². The maximum Gasteiger partial charge on any atom is 0.137 e. The summed E-state index contributed by atoms with van der Waals surface area (Å²) < 4.78 is 0. The zero-order chi connectivity index (χ0) is 10.5. The fraction of sp³-hybridized carbons (Fsp3) is 0.308. The molecule has 1 aliphatic heterocycles. The van der Waals surface area contributed by atoms with Gasteiger partial charge in [-0.2, -0.15) is 0 Å². The Morgan fingerprint density at radius 2 is 2.38 bits per heavy atom. The van der Waals surface area contributed by atoms with Gasteiger partial charge in [-0.1, -0.05) is 6.08 Å². The van der Waals surface area contributed by atoms with Crippen LogP contribution < -0.4 is 5.32 Å². The molecule has 2 aromatic rings. The van der Waals surface area contributed by atoms with Crippen molar-refractivity contribution in [1.82, 2.24) is 15.3 Å². The van der Waals surface area contributed by atoms with E-state index in [4.69, 9.17) is 0 Å². The van der Waals surface area contributed by atoms with Crippen molar-refractivity contribution in [2.45, 2.75) is 12.5 Å². The van der Waals surface area contributed by atoms with Gasteiger partial charge in [-0.3, -0.25) is 0 Å². The molecule has 1 fully saturated rings. The summed E-state index contributed by atoms with van der Waals surface area (Å²) in [5.74, 6) is 0.738. The molecule has 3 heterocycles. The van der Waals surface area contributed by atoms with Crippen LogP contribution in [-0.4, -0.2) is 22.6 Å². The van der Waals surface area contributed by atoms with Gasteiger partial charge < -0.3 is 10.3 Å². The van der Waals surface area contributed by atoms with E-state index in [2.05, 4.69) is 33.6 Å². The standard InChI is InChI=1S/C13H13N3/c1-2-9-11(7-16-13(9)14-3-1)10-4-8-5-12(10)15-6-8/h1-4,7-8,12,15H,5-6H2,(H,14,16). The smallest absolute Gasteiger partial charge is 0.137 e. The van der Waals surface area contributed by atoms with Crippen LogP contribution in [0.2, 0.25) is 0 Å². The summed E-state index contributed by atoms with van der Waals surface area (Å²) in [4.78, 5) is 7.58. The molecule has 80 valence electrons. The Kier molecular flexibility index (Phi) is 1.57. The second-order valence-corrected chi connectivity index (χ2v) is 4.68. The van der Waals surface area contributed by atoms with Gasteiger partial charge in [-0.05, 0) is 30.0 Å². The first-order chi connectivity index (χ1) is 7.92. The van der Waals surface area contributed by atoms with Crippen LogP contribution in [0.5, 0.6) is 0 Å². The summed E-state index contributed by atoms with van der Waals surface area (Å²) in [5, 5.41) is 4.80. The molecular formula is C13H13N3. The average molecular weight is 211 g/mol. The van der Waals surface area contributed by atoms with Gasteiger partial charge >= 0.3 is 0 Å². The van der Waals surface area contributed by atoms with Crippen LogP contribution in [0.1, 0.15) is 12.0 Å². The molecule has 3 heteroatoms. The van der Waals surface area contributed by atoms with E-state index in [1.54, 1.807) is 0 Å². The summed E-state index contributed by atoms with van der Waals surface area (Å²) in [5.41, 5.74) is 3.76. The number of nitrogens with zero attached hydrogens (tertiary/aromatic N) is 1. The lowest BCUT2D eigenvalue weighted by Crippen LogP contribution is -2.24. The van der Waals surface area contributed by atoms with E-state index < -0.39 is 0 Å². The molecule has 4 rings (SSSR count). The lowest BCUT2D eigenvalue weighted by molar-refractivity contribution is 0.724. The zero-order valence-electron chi connectivity index (χ0n) is 8.90. The van der Waals surface area contributed by atoms with Gasteiger partial charge in [0.15, 0.2) is 0 Å². The maximum absolute atomic E-state index is 4.33. The van der Waals surface area contributed by atoms with Crippen molar-refractivity contribution in [1.29, 1.82) is 0 Å². The molecule has 2 atom stereocenters. The van der Waals surface area contributed by atoms with Crippen LogP contribution in [0.15, 0.2) is 30.6 Å². The third-order valence-electron chi connectivity index (χ3n) is 3.72. The van der Waals surface area contributed by atoms with Crippen molar-refractivity contribution in [3.8, 4) is 0 Å². The first-order valence-electron chi connectivity index (χ1n) is 5.79. The Balaban J connectivity index is 1.91. The number of aromatic nitrogens is 2. The zero-order valence-corrected chi connectivity index (χ0v) is 8.90. The van der Waals surface area contributed by atoms with Crippen molar-refractivity contribution in [2.24, 2.45) is 5.92 Å². The normalized spacial score (nSPS) is 27.6. The minimum Gasteiger partial charge on any atom is -0.346 e. The summed E-state index contributed by atoms with van der Waals surface area (Å²) >= 11 is 0. The number of hydrogen-bond donors (Lipinski definition) is 2. The number of fused-ring (bicyclic) bond motifs is 3. The highest BCUT2D eigenvalue weighted by molar-refractivity contribution is 5.92. The topological polar surface area (TPSA) is 40.7 Å². The molecule has 2 aromatic heterocycles. The largest absolute Gasteiger partial charge is 0.346 e. The lowest BCUT2D eigenvalue weighted by Gasteiger charge is -2.14. The van der Waals surface area contributed by atoms with Crippen molar-refractivity contribution in [3.63, 3.8) is 0 Å². The molecule has 2 aliphatic rings. The number of nitrogens with one attached hydrogen (secondary N) is 2. The van der Waals surface area contributed by atoms with Crippen LogP contribution in [0.4, 0.5) is 0 Å². The minimum absolute atomic E-state index is 0.559. The Hall–Kier alpha value is -1.61. The van der Waals surface area contributed by atoms with Crippen LogP contribution in [-0.2, 0) is 0 Å². The van der Waals surface area contributed by atoms with Crippen LogP contribution >= 0.6 is 0 Å². The molecule has 2 N–H and O–H groups in total. The molecule has 2 bridgehead atoms. The second kappa shape index (κ2) is 2.95. The summed E-state index contributed by atoms with van der Waals surface area (Å²) in [6.07, 6.45) is 7.61. The van der Waals surface area contributed by atoms with E-state index in [0.29, 0.717) is 6.04 Å². The van der Waals surface area contributed by atoms with Crippen LogP contribution in [0.25, 0.3) is 16.6 Å². The SMILES string of the molecule is C1=C(c2c[nH]c3ncccc23)C2CC1CN2. The van der Waals surface area contributed by atoms with Crippen molar-refractivity contribution < 1.29 is 0 Å². The molecule has 1 saturated heterocycles. The molecule has 0 saturated carbocycles. The van der Waals surface area contributed by atoms with E-state index in [1.165, 1.54) is 22.9 Å². The first kappa shape index (κ1) is 8.53. The van der Waals surface area contributed by atoms with Gasteiger partial charge in [0.25, 0.3) is 0 Å².